The van der Waals surface area contributed by atoms with Crippen LogP contribution in [0.25, 0.3) is 0 Å². The fourth-order valence-corrected chi connectivity index (χ4v) is 10.5. The molecule has 3 saturated heterocycles. The molecule has 17 atom stereocenters. The Morgan fingerprint density at radius 3 is 1.15 bits per heavy atom. The van der Waals surface area contributed by atoms with Crippen molar-refractivity contribution in [2.75, 3.05) is 26.4 Å². The average molecular weight is 1320 g/mol. The lowest BCUT2D eigenvalue weighted by molar-refractivity contribution is -0.379. The summed E-state index contributed by atoms with van der Waals surface area (Å²) < 4.78 is 34.2. The number of carbonyl (C=O) groups excluding carboxylic acids is 1. The van der Waals surface area contributed by atoms with E-state index in [4.69, 9.17) is 28.4 Å². The van der Waals surface area contributed by atoms with Crippen LogP contribution in [0.1, 0.15) is 174 Å². The van der Waals surface area contributed by atoms with Crippen molar-refractivity contribution in [3.8, 4) is 0 Å². The molecule has 19 nitrogen and oxygen atoms in total. The number of carbonyl (C=O) groups is 1. The molecule has 0 spiro atoms. The number of aliphatic hydroxyl groups excluding tert-OH is 11. The first-order valence-corrected chi connectivity index (χ1v) is 34.7. The number of unbranched alkanes of at least 4 members (excludes halogenated alkanes) is 10. The van der Waals surface area contributed by atoms with E-state index in [1.807, 2.05) is 6.08 Å². The molecule has 3 aliphatic rings. The molecule has 0 radical (unpaired) electrons. The summed E-state index contributed by atoms with van der Waals surface area (Å²) in [6.07, 6.45) is 52.7. The minimum atomic E-state index is -1.99. The molecule has 0 aliphatic carbocycles. The zero-order chi connectivity index (χ0) is 68.2. The number of hydrogen-bond acceptors (Lipinski definition) is 18. The maximum Gasteiger partial charge on any atom is 0.220 e. The van der Waals surface area contributed by atoms with Crippen molar-refractivity contribution in [1.82, 2.24) is 5.32 Å². The molecule has 532 valence electrons. The van der Waals surface area contributed by atoms with E-state index in [-0.39, 0.29) is 18.9 Å². The number of ether oxygens (including phenoxy) is 6. The molecule has 3 heterocycles. The van der Waals surface area contributed by atoms with E-state index < -0.39 is 124 Å². The van der Waals surface area contributed by atoms with Crippen LogP contribution < -0.4 is 5.32 Å². The first kappa shape index (κ1) is 83.6. The summed E-state index contributed by atoms with van der Waals surface area (Å²) in [6, 6.07) is -0.996. The number of nitrogens with one attached hydrogen (secondary N) is 1. The van der Waals surface area contributed by atoms with Gasteiger partial charge in [-0.25, -0.2) is 0 Å². The van der Waals surface area contributed by atoms with E-state index in [2.05, 4.69) is 165 Å². The highest BCUT2D eigenvalue weighted by molar-refractivity contribution is 5.76. The molecular formula is C75H119NO18. The molecule has 3 rings (SSSR count). The lowest BCUT2D eigenvalue weighted by Crippen LogP contribution is -2.66. The zero-order valence-corrected chi connectivity index (χ0v) is 56.1. The summed E-state index contributed by atoms with van der Waals surface area (Å²) in [4.78, 5) is 13.3. The zero-order valence-electron chi connectivity index (χ0n) is 56.1. The van der Waals surface area contributed by atoms with Crippen molar-refractivity contribution >= 4 is 5.91 Å². The lowest BCUT2D eigenvalue weighted by Gasteiger charge is -2.48. The predicted octanol–water partition coefficient (Wildman–Crippen LogP) is 9.32. The van der Waals surface area contributed by atoms with Crippen LogP contribution in [0.3, 0.4) is 0 Å². The van der Waals surface area contributed by atoms with Crippen LogP contribution in [0.15, 0.2) is 158 Å². The van der Waals surface area contributed by atoms with Crippen LogP contribution in [0.4, 0.5) is 0 Å². The van der Waals surface area contributed by atoms with Crippen molar-refractivity contribution in [3.63, 3.8) is 0 Å². The summed E-state index contributed by atoms with van der Waals surface area (Å²) >= 11 is 0. The largest absolute Gasteiger partial charge is 0.394 e. The molecule has 0 aromatic rings. The normalized spacial score (nSPS) is 28.4. The summed E-state index contributed by atoms with van der Waals surface area (Å²) in [5, 5.41) is 120. The average Bonchev–Trinajstić information content (AvgIpc) is 0.834. The van der Waals surface area contributed by atoms with Gasteiger partial charge in [-0.3, -0.25) is 4.79 Å². The van der Waals surface area contributed by atoms with Crippen LogP contribution in [-0.2, 0) is 33.2 Å². The standard InChI is InChI=1S/C75H119NO18/c1-3-5-7-9-11-13-14-15-16-17-18-19-20-21-22-23-24-25-26-27-28-29-30-31-32-33-34-35-36-37-38-39-40-41-42-43-44-45-47-49-51-53-63(81)76-58(59(80)52-50-48-46-12-10-8-6-4-2)57-89-73-69(87)66(84)71(61(55-78)91-73)94-75-70(88)67(85)72(62(56-79)92-75)93-74-68(86)65(83)64(82)60(54-77)90-74/h5,7,11,13,15-16,18-19,21-22,24-25,27-28,30-31,33-34,36-37,39-40,42-43,50,52,58-62,64-75,77-80,82-88H,3-4,6,8-10,12,14,17,20,23,26,29,32,35,38,41,44-49,51,53-57H2,1-2H3,(H,76,81)/b7-5-,13-11-,16-15-,19-18-,22-21-,25-24-,28-27-,31-30-,34-33-,37-36-,40-39-,43-42-,52-50+. The third-order valence-electron chi connectivity index (χ3n) is 16.1. The van der Waals surface area contributed by atoms with Gasteiger partial charge in [0.1, 0.15) is 73.2 Å². The number of amides is 1. The predicted molar refractivity (Wildman–Crippen MR) is 369 cm³/mol. The van der Waals surface area contributed by atoms with Gasteiger partial charge in [-0.05, 0) is 109 Å². The van der Waals surface area contributed by atoms with Crippen LogP contribution >= 0.6 is 0 Å². The van der Waals surface area contributed by atoms with Crippen molar-refractivity contribution in [1.29, 1.82) is 0 Å². The lowest BCUT2D eigenvalue weighted by atomic mass is 9.96. The maximum absolute atomic E-state index is 13.3. The highest BCUT2D eigenvalue weighted by Gasteiger charge is 2.53. The van der Waals surface area contributed by atoms with E-state index in [0.29, 0.717) is 6.42 Å². The number of rotatable bonds is 50. The highest BCUT2D eigenvalue weighted by Crippen LogP contribution is 2.33. The third-order valence-corrected chi connectivity index (χ3v) is 16.1. The molecular weight excluding hydrogens is 1200 g/mol. The van der Waals surface area contributed by atoms with Gasteiger partial charge in [0.15, 0.2) is 18.9 Å². The van der Waals surface area contributed by atoms with Crippen LogP contribution in [0, 0.1) is 0 Å². The van der Waals surface area contributed by atoms with Gasteiger partial charge in [0, 0.05) is 6.42 Å². The quantitative estimate of drug-likeness (QED) is 0.0199. The fraction of sp³-hybridized carbons (Fsp3) is 0.640. The van der Waals surface area contributed by atoms with Gasteiger partial charge in [0.25, 0.3) is 0 Å². The Morgan fingerprint density at radius 1 is 0.394 bits per heavy atom. The van der Waals surface area contributed by atoms with Crippen molar-refractivity contribution in [2.45, 2.75) is 279 Å². The molecule has 0 saturated carbocycles. The molecule has 0 bridgehead atoms. The number of allylic oxidation sites excluding steroid dienone is 25. The summed E-state index contributed by atoms with van der Waals surface area (Å²) in [5.74, 6) is -0.312. The van der Waals surface area contributed by atoms with Gasteiger partial charge in [-0.2, -0.15) is 0 Å². The minimum Gasteiger partial charge on any atom is -0.394 e. The van der Waals surface area contributed by atoms with Crippen LogP contribution in [0.5, 0.6) is 0 Å². The summed E-state index contributed by atoms with van der Waals surface area (Å²) in [7, 11) is 0. The Hall–Kier alpha value is -4.59. The first-order chi connectivity index (χ1) is 45.8. The van der Waals surface area contributed by atoms with Gasteiger partial charge in [-0.1, -0.05) is 217 Å². The Labute approximate surface area is 561 Å². The molecule has 0 aromatic heterocycles. The van der Waals surface area contributed by atoms with Crippen molar-refractivity contribution in [2.24, 2.45) is 0 Å². The van der Waals surface area contributed by atoms with Gasteiger partial charge in [0.2, 0.25) is 5.91 Å². The van der Waals surface area contributed by atoms with Crippen LogP contribution in [-0.4, -0.2) is 193 Å². The fourth-order valence-electron chi connectivity index (χ4n) is 10.5. The number of aliphatic hydroxyl groups is 11. The molecule has 3 aliphatic heterocycles. The maximum atomic E-state index is 13.3. The highest BCUT2D eigenvalue weighted by atomic mass is 16.8. The summed E-state index contributed by atoms with van der Waals surface area (Å²) in [5.41, 5.74) is 0. The second-order valence-corrected chi connectivity index (χ2v) is 23.9. The molecule has 19 heteroatoms. The van der Waals surface area contributed by atoms with E-state index in [9.17, 15) is 61.0 Å². The Balaban J connectivity index is 1.32. The van der Waals surface area contributed by atoms with Gasteiger partial charge >= 0.3 is 0 Å². The second kappa shape index (κ2) is 54.4. The first-order valence-electron chi connectivity index (χ1n) is 34.7. The molecule has 3 fully saturated rings. The van der Waals surface area contributed by atoms with E-state index in [1.54, 1.807) is 6.08 Å². The SMILES string of the molecule is CC/C=C\C/C=C\C/C=C\C/C=C\C/C=C\C/C=C\C/C=C\C/C=C\C/C=C\C/C=C\C/C=C\C/C=C\CCCCCCC(=O)NC(COC1OC(CO)C(OC2OC(CO)C(OC3OC(CO)C(O)C(O)C3O)C(O)C2O)C(O)C1O)C(O)/C=C/CCCCCCCC. The Kier molecular flexibility index (Phi) is 48.4. The molecule has 1 amide bonds. The molecule has 94 heavy (non-hydrogen) atoms. The van der Waals surface area contributed by atoms with E-state index >= 15 is 0 Å². The van der Waals surface area contributed by atoms with E-state index in [0.717, 1.165) is 135 Å². The molecule has 0 aromatic carbocycles. The van der Waals surface area contributed by atoms with Crippen molar-refractivity contribution < 1.29 is 89.4 Å². The smallest absolute Gasteiger partial charge is 0.220 e. The minimum absolute atomic E-state index is 0.202. The Morgan fingerprint density at radius 2 is 0.734 bits per heavy atom. The van der Waals surface area contributed by atoms with Gasteiger partial charge in [0.05, 0.1) is 38.6 Å². The van der Waals surface area contributed by atoms with Crippen LogP contribution in [0.2, 0.25) is 0 Å². The molecule has 17 unspecified atom stereocenters. The van der Waals surface area contributed by atoms with E-state index in [1.165, 1.54) is 12.8 Å². The second-order valence-electron chi connectivity index (χ2n) is 23.9. The Bertz CT molecular complexity index is 2320. The molecule has 12 N–H and O–H groups in total. The third kappa shape index (κ3) is 35.6. The topological polar surface area (TPSA) is 307 Å². The van der Waals surface area contributed by atoms with Gasteiger partial charge < -0.3 is 89.9 Å². The van der Waals surface area contributed by atoms with Crippen molar-refractivity contribution in [3.05, 3.63) is 158 Å². The monoisotopic (exact) mass is 1320 g/mol. The summed E-state index contributed by atoms with van der Waals surface area (Å²) in [6.45, 7) is 1.49. The number of hydrogen-bond donors (Lipinski definition) is 12. The van der Waals surface area contributed by atoms with Gasteiger partial charge in [-0.15, -0.1) is 0 Å².